The van der Waals surface area contributed by atoms with Crippen LogP contribution in [-0.4, -0.2) is 47.0 Å². The molecule has 1 aromatic carbocycles. The van der Waals surface area contributed by atoms with E-state index in [-0.39, 0.29) is 23.8 Å². The van der Waals surface area contributed by atoms with Gasteiger partial charge in [-0.25, -0.2) is 4.79 Å². The second-order valence-electron chi connectivity index (χ2n) is 11.7. The maximum Gasteiger partial charge on any atom is 0.408 e. The number of nitrogens with one attached hydrogen (secondary N) is 2. The first-order chi connectivity index (χ1) is 17.4. The topological polar surface area (TPSA) is 87.7 Å². The lowest BCUT2D eigenvalue weighted by atomic mass is 9.93. The van der Waals surface area contributed by atoms with Gasteiger partial charge in [-0.3, -0.25) is 9.59 Å². The second kappa shape index (κ2) is 13.8. The fourth-order valence-electron chi connectivity index (χ4n) is 5.07. The molecule has 1 aromatic rings. The van der Waals surface area contributed by atoms with E-state index in [0.29, 0.717) is 19.4 Å². The van der Waals surface area contributed by atoms with Crippen LogP contribution in [0.5, 0.6) is 0 Å². The summed E-state index contributed by atoms with van der Waals surface area (Å²) in [5.41, 5.74) is 2.20. The lowest BCUT2D eigenvalue weighted by Gasteiger charge is -2.37. The molecule has 1 fully saturated rings. The number of benzene rings is 1. The first-order valence-electron chi connectivity index (χ1n) is 14.0. The average Bonchev–Trinajstić information content (AvgIpc) is 2.80. The van der Waals surface area contributed by atoms with Crippen LogP contribution < -0.4 is 10.6 Å². The van der Waals surface area contributed by atoms with Crippen molar-refractivity contribution in [3.63, 3.8) is 0 Å². The Balaban J connectivity index is 2.48. The molecule has 0 aromatic heterocycles. The minimum Gasteiger partial charge on any atom is -0.444 e. The number of nitrogens with zero attached hydrogens (tertiary/aromatic N) is 1. The fourth-order valence-corrected chi connectivity index (χ4v) is 5.07. The van der Waals surface area contributed by atoms with Crippen LogP contribution in [-0.2, 0) is 14.3 Å². The van der Waals surface area contributed by atoms with E-state index in [2.05, 4.69) is 16.7 Å². The van der Waals surface area contributed by atoms with Gasteiger partial charge in [-0.05, 0) is 65.4 Å². The van der Waals surface area contributed by atoms with Gasteiger partial charge in [0.15, 0.2) is 0 Å². The number of hydrogen-bond acceptors (Lipinski definition) is 4. The molecule has 3 amide bonds. The molecule has 0 heterocycles. The van der Waals surface area contributed by atoms with E-state index in [0.717, 1.165) is 42.4 Å². The summed E-state index contributed by atoms with van der Waals surface area (Å²) in [4.78, 5) is 42.5. The van der Waals surface area contributed by atoms with Crippen molar-refractivity contribution < 1.29 is 19.1 Å². The predicted octanol–water partition coefficient (Wildman–Crippen LogP) is 5.97. The van der Waals surface area contributed by atoms with Gasteiger partial charge in [-0.15, -0.1) is 0 Å². The zero-order chi connectivity index (χ0) is 27.8. The molecule has 37 heavy (non-hydrogen) atoms. The maximum absolute atomic E-state index is 14.2. The van der Waals surface area contributed by atoms with Gasteiger partial charge in [-0.2, -0.15) is 0 Å². The van der Waals surface area contributed by atoms with Crippen LogP contribution in [0.4, 0.5) is 4.79 Å². The zero-order valence-electron chi connectivity index (χ0n) is 24.3. The van der Waals surface area contributed by atoms with E-state index >= 15 is 0 Å². The molecule has 7 heteroatoms. The third-order valence-electron chi connectivity index (χ3n) is 6.97. The minimum absolute atomic E-state index is 0.124. The van der Waals surface area contributed by atoms with Crippen molar-refractivity contribution in [1.29, 1.82) is 0 Å². The van der Waals surface area contributed by atoms with Gasteiger partial charge in [0, 0.05) is 12.6 Å². The van der Waals surface area contributed by atoms with Crippen LogP contribution >= 0.6 is 0 Å². The van der Waals surface area contributed by atoms with Crippen LogP contribution in [0.15, 0.2) is 18.2 Å². The molecule has 1 aliphatic rings. The van der Waals surface area contributed by atoms with Crippen LogP contribution in [0, 0.1) is 19.8 Å². The summed E-state index contributed by atoms with van der Waals surface area (Å²) in [7, 11) is 0. The van der Waals surface area contributed by atoms with Crippen LogP contribution in [0.1, 0.15) is 109 Å². The zero-order valence-corrected chi connectivity index (χ0v) is 24.3. The summed E-state index contributed by atoms with van der Waals surface area (Å²) in [6.45, 7) is 15.7. The monoisotopic (exact) mass is 515 g/mol. The molecule has 0 saturated heterocycles. The van der Waals surface area contributed by atoms with E-state index in [1.807, 2.05) is 46.8 Å². The largest absolute Gasteiger partial charge is 0.444 e. The van der Waals surface area contributed by atoms with E-state index in [9.17, 15) is 14.4 Å². The molecule has 0 aliphatic heterocycles. The van der Waals surface area contributed by atoms with Crippen LogP contribution in [0.3, 0.4) is 0 Å². The normalized spacial score (nSPS) is 16.9. The van der Waals surface area contributed by atoms with Crippen molar-refractivity contribution in [2.45, 2.75) is 124 Å². The van der Waals surface area contributed by atoms with Gasteiger partial charge >= 0.3 is 6.09 Å². The predicted molar refractivity (Wildman–Crippen MR) is 148 cm³/mol. The molecule has 1 saturated carbocycles. The summed E-state index contributed by atoms with van der Waals surface area (Å²) in [5.74, 6) is -0.551. The Morgan fingerprint density at radius 1 is 1.03 bits per heavy atom. The summed E-state index contributed by atoms with van der Waals surface area (Å²) in [6, 6.07) is 4.60. The van der Waals surface area contributed by atoms with Gasteiger partial charge < -0.3 is 20.3 Å². The first kappa shape index (κ1) is 30.7. The Labute approximate surface area is 224 Å². The Kier molecular flexibility index (Phi) is 11.5. The summed E-state index contributed by atoms with van der Waals surface area (Å²) in [5, 5.41) is 6.09. The third-order valence-corrected chi connectivity index (χ3v) is 6.97. The molecule has 0 radical (unpaired) electrons. The second-order valence-corrected chi connectivity index (χ2v) is 11.7. The molecule has 3 atom stereocenters. The van der Waals surface area contributed by atoms with Crippen molar-refractivity contribution in [3.8, 4) is 0 Å². The molecule has 7 nitrogen and oxygen atoms in total. The van der Waals surface area contributed by atoms with Crippen LogP contribution in [0.2, 0.25) is 0 Å². The Morgan fingerprint density at radius 3 is 2.14 bits per heavy atom. The van der Waals surface area contributed by atoms with Crippen molar-refractivity contribution in [2.24, 2.45) is 5.92 Å². The number of ether oxygens (including phenoxy) is 1. The van der Waals surface area contributed by atoms with Gasteiger partial charge in [0.2, 0.25) is 11.8 Å². The lowest BCUT2D eigenvalue weighted by molar-refractivity contribution is -0.143. The summed E-state index contributed by atoms with van der Waals surface area (Å²) >= 11 is 0. The van der Waals surface area contributed by atoms with Gasteiger partial charge in [0.25, 0.3) is 0 Å². The molecule has 0 bridgehead atoms. The van der Waals surface area contributed by atoms with Crippen molar-refractivity contribution >= 4 is 17.9 Å². The number of amides is 3. The van der Waals surface area contributed by atoms with Crippen molar-refractivity contribution in [3.05, 3.63) is 34.9 Å². The smallest absolute Gasteiger partial charge is 0.408 e. The molecule has 2 rings (SSSR count). The number of alkyl carbamates (subject to hydrolysis) is 1. The fraction of sp³-hybridized carbons (Fsp3) is 0.700. The quantitative estimate of drug-likeness (QED) is 0.402. The Hall–Kier alpha value is -2.57. The summed E-state index contributed by atoms with van der Waals surface area (Å²) in [6.07, 6.45) is 6.07. The van der Waals surface area contributed by atoms with E-state index in [1.54, 1.807) is 25.7 Å². The maximum atomic E-state index is 14.2. The Morgan fingerprint density at radius 2 is 1.62 bits per heavy atom. The number of carbonyl (C=O) groups excluding carboxylic acids is 3. The molecule has 208 valence electrons. The number of aryl methyl sites for hydroxylation is 2. The molecular formula is C30H49N3O4. The van der Waals surface area contributed by atoms with Gasteiger partial charge in [0.05, 0.1) is 0 Å². The van der Waals surface area contributed by atoms with Crippen LogP contribution in [0.25, 0.3) is 0 Å². The molecular weight excluding hydrogens is 466 g/mol. The van der Waals surface area contributed by atoms with E-state index in [1.165, 1.54) is 6.42 Å². The molecule has 1 aliphatic carbocycles. The highest BCUT2D eigenvalue weighted by atomic mass is 16.6. The van der Waals surface area contributed by atoms with Crippen molar-refractivity contribution in [1.82, 2.24) is 15.5 Å². The highest BCUT2D eigenvalue weighted by molar-refractivity contribution is 5.92. The molecule has 0 spiro atoms. The first-order valence-corrected chi connectivity index (χ1v) is 14.0. The van der Waals surface area contributed by atoms with Gasteiger partial charge in [-0.1, -0.05) is 75.8 Å². The number of hydrogen-bond donors (Lipinski definition) is 2. The van der Waals surface area contributed by atoms with E-state index in [4.69, 9.17) is 4.74 Å². The minimum atomic E-state index is -0.803. The standard InChI is InChI=1S/C30H49N3O4/c1-9-16-33(28(35)25(22(5)10-2)32-29(36)37-30(6,7)8)26(23-18-20(3)17-21(4)19-23)27(34)31-24-14-12-11-13-15-24/h17-19,22,24-26H,9-16H2,1-8H3,(H,31,34)(H,32,36). The number of carbonyl (C=O) groups is 3. The number of rotatable bonds is 10. The Bertz CT molecular complexity index is 898. The van der Waals surface area contributed by atoms with E-state index < -0.39 is 23.8 Å². The molecule has 2 N–H and O–H groups in total. The third kappa shape index (κ3) is 9.35. The summed E-state index contributed by atoms with van der Waals surface area (Å²) < 4.78 is 5.48. The van der Waals surface area contributed by atoms with Crippen molar-refractivity contribution in [2.75, 3.05) is 6.54 Å². The highest BCUT2D eigenvalue weighted by Crippen LogP contribution is 2.28. The highest BCUT2D eigenvalue weighted by Gasteiger charge is 2.38. The molecule has 3 unspecified atom stereocenters. The van der Waals surface area contributed by atoms with Gasteiger partial charge in [0.1, 0.15) is 17.7 Å². The average molecular weight is 516 g/mol. The SMILES string of the molecule is CCCN(C(=O)C(NC(=O)OC(C)(C)C)C(C)CC)C(C(=O)NC1CCCCC1)c1cc(C)cc(C)c1. The lowest BCUT2D eigenvalue weighted by Crippen LogP contribution is -2.56.